The first kappa shape index (κ1) is 14.0. The molecule has 2 aromatic rings. The molecule has 0 amide bonds. The van der Waals surface area contributed by atoms with E-state index < -0.39 is 0 Å². The summed E-state index contributed by atoms with van der Waals surface area (Å²) in [6, 6.07) is 15.2. The Balaban J connectivity index is 2.56. The predicted molar refractivity (Wildman–Crippen MR) is 81.2 cm³/mol. The highest BCUT2D eigenvalue weighted by molar-refractivity contribution is 5.86. The molecule has 0 aliphatic heterocycles. The zero-order valence-corrected chi connectivity index (χ0v) is 12.0. The van der Waals surface area contributed by atoms with E-state index in [0.29, 0.717) is 0 Å². The molecule has 1 N–H and O–H groups in total. The summed E-state index contributed by atoms with van der Waals surface area (Å²) in [5.41, 5.74) is 1.31. The van der Waals surface area contributed by atoms with Crippen molar-refractivity contribution in [3.8, 4) is 0 Å². The fourth-order valence-corrected chi connectivity index (χ4v) is 2.91. The topological polar surface area (TPSA) is 23.5 Å². The number of benzene rings is 2. The monoisotopic (exact) mass is 257 g/mol. The van der Waals surface area contributed by atoms with E-state index in [1.165, 1.54) is 16.3 Å². The van der Waals surface area contributed by atoms with Crippen molar-refractivity contribution in [1.29, 1.82) is 0 Å². The summed E-state index contributed by atoms with van der Waals surface area (Å²) in [7, 11) is 4.18. The smallest absolute Gasteiger partial charge is 0.0477 e. The van der Waals surface area contributed by atoms with Crippen LogP contribution in [-0.2, 0) is 0 Å². The van der Waals surface area contributed by atoms with Crippen molar-refractivity contribution in [3.63, 3.8) is 0 Å². The number of nitrogens with zero attached hydrogens (tertiary/aromatic N) is 1. The standard InChI is InChI=1S/C17H23NO/c1-4-13(12-19)17(18(2)3)16-11-7-9-14-8-5-6-10-15(14)16/h5-11,13,17,19H,4,12H2,1-3H3. The molecule has 19 heavy (non-hydrogen) atoms. The van der Waals surface area contributed by atoms with Crippen molar-refractivity contribution in [1.82, 2.24) is 4.90 Å². The van der Waals surface area contributed by atoms with Crippen molar-refractivity contribution in [2.75, 3.05) is 20.7 Å². The highest BCUT2D eigenvalue weighted by Crippen LogP contribution is 2.33. The number of aliphatic hydroxyl groups is 1. The molecule has 2 nitrogen and oxygen atoms in total. The van der Waals surface area contributed by atoms with Gasteiger partial charge in [-0.1, -0.05) is 49.4 Å². The quantitative estimate of drug-likeness (QED) is 0.886. The maximum absolute atomic E-state index is 9.65. The van der Waals surface area contributed by atoms with Gasteiger partial charge in [0, 0.05) is 18.6 Å². The average Bonchev–Trinajstić information content (AvgIpc) is 2.44. The van der Waals surface area contributed by atoms with Gasteiger partial charge in [0.1, 0.15) is 0 Å². The summed E-state index contributed by atoms with van der Waals surface area (Å²) in [5, 5.41) is 12.2. The lowest BCUT2D eigenvalue weighted by molar-refractivity contribution is 0.131. The Morgan fingerprint density at radius 3 is 2.37 bits per heavy atom. The maximum atomic E-state index is 9.65. The molecule has 0 spiro atoms. The molecule has 2 atom stereocenters. The molecule has 0 heterocycles. The SMILES string of the molecule is CCC(CO)C(c1cccc2ccccc12)N(C)C. The predicted octanol–water partition coefficient (Wildman–Crippen LogP) is 3.46. The molecule has 0 radical (unpaired) electrons. The molecule has 0 bridgehead atoms. The van der Waals surface area contributed by atoms with Crippen LogP contribution in [0.15, 0.2) is 42.5 Å². The van der Waals surface area contributed by atoms with Crippen LogP contribution in [0.3, 0.4) is 0 Å². The van der Waals surface area contributed by atoms with Crippen molar-refractivity contribution in [2.24, 2.45) is 5.92 Å². The van der Waals surface area contributed by atoms with Crippen LogP contribution in [0.1, 0.15) is 24.9 Å². The normalized spacial score (nSPS) is 14.8. The van der Waals surface area contributed by atoms with E-state index in [4.69, 9.17) is 0 Å². The van der Waals surface area contributed by atoms with Crippen LogP contribution in [0.5, 0.6) is 0 Å². The summed E-state index contributed by atoms with van der Waals surface area (Å²) in [6.07, 6.45) is 0.975. The van der Waals surface area contributed by atoms with E-state index in [2.05, 4.69) is 68.4 Å². The number of fused-ring (bicyclic) bond motifs is 1. The van der Waals surface area contributed by atoms with Gasteiger partial charge in [-0.05, 0) is 36.9 Å². The molecule has 0 fully saturated rings. The van der Waals surface area contributed by atoms with Crippen LogP contribution < -0.4 is 0 Å². The van der Waals surface area contributed by atoms with Gasteiger partial charge in [0.15, 0.2) is 0 Å². The van der Waals surface area contributed by atoms with Crippen LogP contribution in [-0.4, -0.2) is 30.7 Å². The maximum Gasteiger partial charge on any atom is 0.0477 e. The largest absolute Gasteiger partial charge is 0.396 e. The first-order valence-electron chi connectivity index (χ1n) is 6.94. The third-order valence-electron chi connectivity index (χ3n) is 3.90. The molecule has 2 aromatic carbocycles. The fraction of sp³-hybridized carbons (Fsp3) is 0.412. The number of hydrogen-bond donors (Lipinski definition) is 1. The molecule has 0 aromatic heterocycles. The molecule has 102 valence electrons. The van der Waals surface area contributed by atoms with Crippen molar-refractivity contribution in [2.45, 2.75) is 19.4 Å². The molecule has 0 aliphatic carbocycles. The summed E-state index contributed by atoms with van der Waals surface area (Å²) in [4.78, 5) is 2.21. The summed E-state index contributed by atoms with van der Waals surface area (Å²) >= 11 is 0. The Bertz CT molecular complexity index is 526. The average molecular weight is 257 g/mol. The lowest BCUT2D eigenvalue weighted by Gasteiger charge is -2.32. The van der Waals surface area contributed by atoms with Gasteiger partial charge >= 0.3 is 0 Å². The minimum Gasteiger partial charge on any atom is -0.396 e. The summed E-state index contributed by atoms with van der Waals surface area (Å²) < 4.78 is 0. The van der Waals surface area contributed by atoms with E-state index in [1.54, 1.807) is 0 Å². The zero-order chi connectivity index (χ0) is 13.8. The summed E-state index contributed by atoms with van der Waals surface area (Å²) in [6.45, 7) is 2.37. The molecule has 2 heteroatoms. The van der Waals surface area contributed by atoms with Crippen molar-refractivity contribution < 1.29 is 5.11 Å². The van der Waals surface area contributed by atoms with Gasteiger partial charge < -0.3 is 10.0 Å². The van der Waals surface area contributed by atoms with E-state index in [9.17, 15) is 5.11 Å². The van der Waals surface area contributed by atoms with E-state index in [1.807, 2.05) is 0 Å². The van der Waals surface area contributed by atoms with Crippen LogP contribution in [0.25, 0.3) is 10.8 Å². The molecule has 0 saturated carbocycles. The molecule has 2 unspecified atom stereocenters. The van der Waals surface area contributed by atoms with Crippen LogP contribution in [0, 0.1) is 5.92 Å². The van der Waals surface area contributed by atoms with Crippen LogP contribution in [0.4, 0.5) is 0 Å². The zero-order valence-electron chi connectivity index (χ0n) is 12.0. The molecule has 0 saturated heterocycles. The van der Waals surface area contributed by atoms with Crippen molar-refractivity contribution in [3.05, 3.63) is 48.0 Å². The van der Waals surface area contributed by atoms with Crippen LogP contribution >= 0.6 is 0 Å². The van der Waals surface area contributed by atoms with Gasteiger partial charge in [-0.25, -0.2) is 0 Å². The highest BCUT2D eigenvalue weighted by Gasteiger charge is 2.24. The Hall–Kier alpha value is -1.38. The fourth-order valence-electron chi connectivity index (χ4n) is 2.91. The Labute approximate surface area is 115 Å². The second kappa shape index (κ2) is 6.18. The van der Waals surface area contributed by atoms with Crippen LogP contribution in [0.2, 0.25) is 0 Å². The number of rotatable bonds is 5. The number of hydrogen-bond acceptors (Lipinski definition) is 2. The minimum absolute atomic E-state index is 0.225. The Morgan fingerprint density at radius 1 is 1.05 bits per heavy atom. The number of aliphatic hydroxyl groups excluding tert-OH is 1. The molecule has 2 rings (SSSR count). The van der Waals surface area contributed by atoms with E-state index in [0.717, 1.165) is 6.42 Å². The lowest BCUT2D eigenvalue weighted by Crippen LogP contribution is -2.29. The highest BCUT2D eigenvalue weighted by atomic mass is 16.3. The first-order chi connectivity index (χ1) is 9.19. The molecule has 0 aliphatic rings. The van der Waals surface area contributed by atoms with Crippen molar-refractivity contribution >= 4 is 10.8 Å². The third-order valence-corrected chi connectivity index (χ3v) is 3.90. The third kappa shape index (κ3) is 2.80. The van der Waals surface area contributed by atoms with Gasteiger partial charge in [-0.3, -0.25) is 0 Å². The summed E-state index contributed by atoms with van der Waals surface area (Å²) in [5.74, 6) is 0.265. The van der Waals surface area contributed by atoms with Gasteiger partial charge in [0.25, 0.3) is 0 Å². The Kier molecular flexibility index (Phi) is 4.56. The molecular formula is C17H23NO. The second-order valence-electron chi connectivity index (χ2n) is 5.33. The van der Waals surface area contributed by atoms with Gasteiger partial charge in [-0.15, -0.1) is 0 Å². The lowest BCUT2D eigenvalue weighted by atomic mass is 9.87. The first-order valence-corrected chi connectivity index (χ1v) is 6.94. The van der Waals surface area contributed by atoms with E-state index >= 15 is 0 Å². The van der Waals surface area contributed by atoms with Gasteiger partial charge in [-0.2, -0.15) is 0 Å². The second-order valence-corrected chi connectivity index (χ2v) is 5.33. The minimum atomic E-state index is 0.225. The van der Waals surface area contributed by atoms with E-state index in [-0.39, 0.29) is 18.6 Å². The van der Waals surface area contributed by atoms with Gasteiger partial charge in [0.05, 0.1) is 0 Å². The molecular weight excluding hydrogens is 234 g/mol. The van der Waals surface area contributed by atoms with Gasteiger partial charge in [0.2, 0.25) is 0 Å². The Morgan fingerprint density at radius 2 is 1.74 bits per heavy atom.